The third-order valence-corrected chi connectivity index (χ3v) is 2.46. The molecule has 0 spiro atoms. The van der Waals surface area contributed by atoms with Gasteiger partial charge in [-0.1, -0.05) is 12.8 Å². The van der Waals surface area contributed by atoms with Crippen LogP contribution < -0.4 is 0 Å². The average molecular weight is 264 g/mol. The van der Waals surface area contributed by atoms with E-state index in [1.54, 1.807) is 0 Å². The number of non-ortho nitro benzene ring substituents is 1. The Labute approximate surface area is 110 Å². The Morgan fingerprint density at radius 3 is 2.74 bits per heavy atom. The van der Waals surface area contributed by atoms with Crippen molar-refractivity contribution in [3.8, 4) is 12.3 Å². The number of carbonyl (C=O) groups is 1. The van der Waals surface area contributed by atoms with Crippen LogP contribution in [0.25, 0.3) is 0 Å². The van der Waals surface area contributed by atoms with Gasteiger partial charge in [-0.25, -0.2) is 4.39 Å². The lowest BCUT2D eigenvalue weighted by Crippen LogP contribution is -2.32. The van der Waals surface area contributed by atoms with Crippen LogP contribution in [-0.4, -0.2) is 28.8 Å². The Hall–Kier alpha value is -2.42. The Morgan fingerprint density at radius 1 is 1.58 bits per heavy atom. The van der Waals surface area contributed by atoms with Crippen LogP contribution in [0.3, 0.4) is 0 Å². The van der Waals surface area contributed by atoms with Gasteiger partial charge >= 0.3 is 0 Å². The summed E-state index contributed by atoms with van der Waals surface area (Å²) in [4.78, 5) is 23.1. The quantitative estimate of drug-likeness (QED) is 0.465. The molecule has 100 valence electrons. The number of amides is 1. The summed E-state index contributed by atoms with van der Waals surface area (Å²) in [6, 6.07) is 2.93. The molecule has 6 heteroatoms. The number of hydrogen-bond donors (Lipinski definition) is 0. The largest absolute Gasteiger partial charge is 0.327 e. The molecule has 0 N–H and O–H groups in total. The molecule has 1 amide bonds. The molecule has 0 aliphatic rings. The van der Waals surface area contributed by atoms with Crippen LogP contribution in [-0.2, 0) is 0 Å². The minimum Gasteiger partial charge on any atom is -0.327 e. The fourth-order valence-electron chi connectivity index (χ4n) is 1.59. The second-order valence-corrected chi connectivity index (χ2v) is 3.85. The lowest BCUT2D eigenvalue weighted by molar-refractivity contribution is -0.385. The van der Waals surface area contributed by atoms with Gasteiger partial charge in [-0.05, 0) is 12.5 Å². The summed E-state index contributed by atoms with van der Waals surface area (Å²) in [6.45, 7) is 2.34. The van der Waals surface area contributed by atoms with E-state index in [2.05, 4.69) is 5.92 Å². The number of nitro groups is 1. The predicted molar refractivity (Wildman–Crippen MR) is 68.1 cm³/mol. The molecule has 0 saturated heterocycles. The minimum atomic E-state index is -0.919. The summed E-state index contributed by atoms with van der Waals surface area (Å²) in [6.07, 6.45) is 5.83. The molecular weight excluding hydrogens is 251 g/mol. The summed E-state index contributed by atoms with van der Waals surface area (Å²) < 4.78 is 13.7. The molecule has 0 aliphatic carbocycles. The number of hydrogen-bond acceptors (Lipinski definition) is 3. The number of halogens is 1. The van der Waals surface area contributed by atoms with Crippen molar-refractivity contribution in [3.05, 3.63) is 39.7 Å². The van der Waals surface area contributed by atoms with Crippen LogP contribution in [0.1, 0.15) is 23.7 Å². The normalized spacial score (nSPS) is 9.74. The molecule has 0 bridgehead atoms. The van der Waals surface area contributed by atoms with E-state index < -0.39 is 22.3 Å². The Kier molecular flexibility index (Phi) is 5.01. The van der Waals surface area contributed by atoms with Gasteiger partial charge in [0.2, 0.25) is 0 Å². The molecule has 0 radical (unpaired) electrons. The number of nitrogens with zero attached hydrogens (tertiary/aromatic N) is 2. The molecule has 0 heterocycles. The van der Waals surface area contributed by atoms with E-state index in [1.807, 2.05) is 6.92 Å². The first-order chi connectivity index (χ1) is 9.01. The van der Waals surface area contributed by atoms with Crippen LogP contribution in [0, 0.1) is 28.3 Å². The van der Waals surface area contributed by atoms with E-state index in [0.717, 1.165) is 18.2 Å². The van der Waals surface area contributed by atoms with Gasteiger partial charge in [0.15, 0.2) is 0 Å². The third kappa shape index (κ3) is 3.52. The van der Waals surface area contributed by atoms with Gasteiger partial charge in [0.05, 0.1) is 23.1 Å². The van der Waals surface area contributed by atoms with E-state index in [-0.39, 0.29) is 12.1 Å². The van der Waals surface area contributed by atoms with Gasteiger partial charge in [0.25, 0.3) is 11.6 Å². The Balaban J connectivity index is 3.05. The van der Waals surface area contributed by atoms with E-state index in [9.17, 15) is 19.3 Å². The molecule has 5 nitrogen and oxygen atoms in total. The highest BCUT2D eigenvalue weighted by Gasteiger charge is 2.20. The van der Waals surface area contributed by atoms with Gasteiger partial charge in [0, 0.05) is 12.6 Å². The van der Waals surface area contributed by atoms with Crippen molar-refractivity contribution >= 4 is 11.6 Å². The lowest BCUT2D eigenvalue weighted by atomic mass is 10.1. The van der Waals surface area contributed by atoms with Crippen molar-refractivity contribution in [2.75, 3.05) is 13.1 Å². The van der Waals surface area contributed by atoms with Crippen molar-refractivity contribution in [2.45, 2.75) is 13.3 Å². The number of nitro benzene ring substituents is 1. The average Bonchev–Trinajstić information content (AvgIpc) is 2.37. The number of benzene rings is 1. The molecule has 19 heavy (non-hydrogen) atoms. The Morgan fingerprint density at radius 2 is 2.26 bits per heavy atom. The van der Waals surface area contributed by atoms with Crippen molar-refractivity contribution in [1.82, 2.24) is 4.90 Å². The van der Waals surface area contributed by atoms with Crippen molar-refractivity contribution < 1.29 is 14.1 Å². The van der Waals surface area contributed by atoms with Crippen LogP contribution >= 0.6 is 0 Å². The first kappa shape index (κ1) is 14.6. The van der Waals surface area contributed by atoms with Gasteiger partial charge in [-0.2, -0.15) is 0 Å². The SMILES string of the molecule is C#CCN(CCC)C(=O)c1ccc([N+](=O)[O-])cc1F. The fourth-order valence-corrected chi connectivity index (χ4v) is 1.59. The van der Waals surface area contributed by atoms with E-state index in [1.165, 1.54) is 4.90 Å². The highest BCUT2D eigenvalue weighted by Crippen LogP contribution is 2.18. The smallest absolute Gasteiger partial charge is 0.272 e. The minimum absolute atomic E-state index is 0.0725. The molecule has 1 aromatic carbocycles. The molecule has 0 saturated carbocycles. The monoisotopic (exact) mass is 264 g/mol. The van der Waals surface area contributed by atoms with Crippen LogP contribution in [0.15, 0.2) is 18.2 Å². The summed E-state index contributed by atoms with van der Waals surface area (Å²) in [5.74, 6) is 0.845. The highest BCUT2D eigenvalue weighted by atomic mass is 19.1. The molecular formula is C13H13FN2O3. The predicted octanol–water partition coefficient (Wildman–Crippen LogP) is 2.22. The van der Waals surface area contributed by atoms with Crippen LogP contribution in [0.5, 0.6) is 0 Å². The second kappa shape index (κ2) is 6.50. The summed E-state index contributed by atoms with van der Waals surface area (Å²) in [7, 11) is 0. The zero-order chi connectivity index (χ0) is 14.4. The molecule has 0 atom stereocenters. The molecule has 1 aromatic rings. The van der Waals surface area contributed by atoms with Gasteiger partial charge in [-0.3, -0.25) is 14.9 Å². The standard InChI is InChI=1S/C13H13FN2O3/c1-3-7-15(8-4-2)13(17)11-6-5-10(16(18)19)9-12(11)14/h1,5-6,9H,4,7-8H2,2H3. The van der Waals surface area contributed by atoms with Crippen molar-refractivity contribution in [3.63, 3.8) is 0 Å². The van der Waals surface area contributed by atoms with Gasteiger partial charge in [0.1, 0.15) is 5.82 Å². The van der Waals surface area contributed by atoms with E-state index in [4.69, 9.17) is 6.42 Å². The number of terminal acetylenes is 1. The summed E-state index contributed by atoms with van der Waals surface area (Å²) >= 11 is 0. The van der Waals surface area contributed by atoms with Crippen LogP contribution in [0.2, 0.25) is 0 Å². The molecule has 0 aromatic heterocycles. The van der Waals surface area contributed by atoms with Gasteiger partial charge < -0.3 is 4.90 Å². The maximum absolute atomic E-state index is 13.7. The maximum Gasteiger partial charge on any atom is 0.272 e. The van der Waals surface area contributed by atoms with Gasteiger partial charge in [-0.15, -0.1) is 6.42 Å². The fraction of sp³-hybridized carbons (Fsp3) is 0.308. The highest BCUT2D eigenvalue weighted by molar-refractivity contribution is 5.94. The molecule has 0 fully saturated rings. The van der Waals surface area contributed by atoms with Crippen molar-refractivity contribution in [1.29, 1.82) is 0 Å². The molecule has 0 unspecified atom stereocenters. The van der Waals surface area contributed by atoms with E-state index in [0.29, 0.717) is 13.0 Å². The Bertz CT molecular complexity index is 537. The van der Waals surface area contributed by atoms with E-state index >= 15 is 0 Å². The topological polar surface area (TPSA) is 63.5 Å². The zero-order valence-corrected chi connectivity index (χ0v) is 10.4. The lowest BCUT2D eigenvalue weighted by Gasteiger charge is -2.19. The number of rotatable bonds is 5. The van der Waals surface area contributed by atoms with Crippen molar-refractivity contribution in [2.24, 2.45) is 0 Å². The number of carbonyl (C=O) groups excluding carboxylic acids is 1. The molecule has 0 aliphatic heterocycles. The second-order valence-electron chi connectivity index (χ2n) is 3.85. The first-order valence-electron chi connectivity index (χ1n) is 5.68. The zero-order valence-electron chi connectivity index (χ0n) is 10.4. The summed E-state index contributed by atoms with van der Waals surface area (Å²) in [5, 5.41) is 10.5. The third-order valence-electron chi connectivity index (χ3n) is 2.46. The first-order valence-corrected chi connectivity index (χ1v) is 5.68. The summed E-state index contributed by atoms with van der Waals surface area (Å²) in [5.41, 5.74) is -0.609. The maximum atomic E-state index is 13.7. The molecule has 1 rings (SSSR count). The van der Waals surface area contributed by atoms with Crippen LogP contribution in [0.4, 0.5) is 10.1 Å².